The number of rotatable bonds is 6. The number of amides is 2. The Morgan fingerprint density at radius 1 is 1.17 bits per heavy atom. The van der Waals surface area contributed by atoms with Gasteiger partial charge in [0.2, 0.25) is 11.8 Å². The smallest absolute Gasteiger partial charge is 0.249 e. The Kier molecular flexibility index (Phi) is 6.90. The van der Waals surface area contributed by atoms with E-state index in [4.69, 9.17) is 4.74 Å². The van der Waals surface area contributed by atoms with Crippen LogP contribution in [0, 0.1) is 5.41 Å². The highest BCUT2D eigenvalue weighted by molar-refractivity contribution is 5.91. The third kappa shape index (κ3) is 5.90. The Morgan fingerprint density at radius 3 is 2.47 bits per heavy atom. The molecular formula is C24H30N2O4. The number of hydrogen-bond acceptors (Lipinski definition) is 4. The maximum atomic E-state index is 12.5. The molecule has 2 aromatic carbocycles. The summed E-state index contributed by atoms with van der Waals surface area (Å²) in [5.74, 6) is -0.184. The summed E-state index contributed by atoms with van der Waals surface area (Å²) in [6, 6.07) is 16.3. The van der Waals surface area contributed by atoms with Gasteiger partial charge >= 0.3 is 0 Å². The van der Waals surface area contributed by atoms with Crippen LogP contribution in [-0.4, -0.2) is 41.1 Å². The summed E-state index contributed by atoms with van der Waals surface area (Å²) in [7, 11) is 0. The lowest BCUT2D eigenvalue weighted by Gasteiger charge is -2.38. The zero-order valence-electron chi connectivity index (χ0n) is 17.8. The van der Waals surface area contributed by atoms with Crippen LogP contribution in [0.5, 0.6) is 0 Å². The second-order valence-electron chi connectivity index (χ2n) is 8.94. The average molecular weight is 411 g/mol. The predicted molar refractivity (Wildman–Crippen MR) is 116 cm³/mol. The summed E-state index contributed by atoms with van der Waals surface area (Å²) >= 11 is 0. The fourth-order valence-corrected chi connectivity index (χ4v) is 3.54. The largest absolute Gasteiger partial charge is 0.386 e. The van der Waals surface area contributed by atoms with Gasteiger partial charge in [-0.05, 0) is 28.7 Å². The first-order chi connectivity index (χ1) is 14.2. The van der Waals surface area contributed by atoms with Crippen molar-refractivity contribution in [2.45, 2.75) is 45.9 Å². The number of nitrogens with zero attached hydrogens (tertiary/aromatic N) is 1. The number of morpholine rings is 1. The van der Waals surface area contributed by atoms with Gasteiger partial charge in [-0.1, -0.05) is 63.2 Å². The van der Waals surface area contributed by atoms with Gasteiger partial charge in [0.1, 0.15) is 12.7 Å². The van der Waals surface area contributed by atoms with E-state index in [1.165, 1.54) is 0 Å². The van der Waals surface area contributed by atoms with Crippen LogP contribution in [0.4, 0.5) is 5.69 Å². The molecule has 3 rings (SSSR count). The molecule has 30 heavy (non-hydrogen) atoms. The Labute approximate surface area is 177 Å². The third-order valence-electron chi connectivity index (χ3n) is 5.02. The van der Waals surface area contributed by atoms with Crippen LogP contribution in [0.3, 0.4) is 0 Å². The molecule has 0 unspecified atom stereocenters. The summed E-state index contributed by atoms with van der Waals surface area (Å²) < 4.78 is 5.42. The van der Waals surface area contributed by atoms with E-state index in [0.717, 1.165) is 5.56 Å². The first-order valence-electron chi connectivity index (χ1n) is 10.2. The molecule has 0 radical (unpaired) electrons. The minimum atomic E-state index is -0.891. The Morgan fingerprint density at radius 2 is 1.83 bits per heavy atom. The van der Waals surface area contributed by atoms with Crippen molar-refractivity contribution in [2.75, 3.05) is 18.5 Å². The van der Waals surface area contributed by atoms with E-state index < -0.39 is 12.1 Å². The van der Waals surface area contributed by atoms with E-state index >= 15 is 0 Å². The first-order valence-corrected chi connectivity index (χ1v) is 10.2. The molecule has 6 nitrogen and oxygen atoms in total. The Balaban J connectivity index is 1.69. The second-order valence-corrected chi connectivity index (χ2v) is 8.94. The van der Waals surface area contributed by atoms with Gasteiger partial charge in [0, 0.05) is 18.7 Å². The lowest BCUT2D eigenvalue weighted by atomic mass is 9.92. The van der Waals surface area contributed by atoms with Crippen molar-refractivity contribution >= 4 is 17.5 Å². The van der Waals surface area contributed by atoms with E-state index in [1.807, 2.05) is 51.1 Å². The molecule has 6 heteroatoms. The van der Waals surface area contributed by atoms with E-state index in [2.05, 4.69) is 5.32 Å². The summed E-state index contributed by atoms with van der Waals surface area (Å²) in [5.41, 5.74) is 2.26. The quantitative estimate of drug-likeness (QED) is 0.764. The summed E-state index contributed by atoms with van der Waals surface area (Å²) in [5, 5.41) is 13.9. The minimum Gasteiger partial charge on any atom is -0.386 e. The van der Waals surface area contributed by atoms with E-state index in [0.29, 0.717) is 24.2 Å². The van der Waals surface area contributed by atoms with Crippen LogP contribution >= 0.6 is 0 Å². The summed E-state index contributed by atoms with van der Waals surface area (Å²) in [6.07, 6.45) is -0.467. The van der Waals surface area contributed by atoms with Crippen molar-refractivity contribution in [3.63, 3.8) is 0 Å². The molecule has 2 amide bonds. The number of ether oxygens (including phenoxy) is 1. The molecule has 1 saturated heterocycles. The highest BCUT2D eigenvalue weighted by Crippen LogP contribution is 2.27. The monoisotopic (exact) mass is 410 g/mol. The number of nitrogens with one attached hydrogen (secondary N) is 1. The van der Waals surface area contributed by atoms with Gasteiger partial charge in [-0.25, -0.2) is 0 Å². The standard InChI is InChI=1S/C24H30N2O4/c1-24(2,3)13-21(27)25-19-11-9-18(10-12-19)23(29)20-15-30-16-22(28)26(20)14-17-7-5-4-6-8-17/h4-12,20,23,29H,13-16H2,1-3H3,(H,25,27)/t20-,23-/m1/s1. The normalized spacial score (nSPS) is 18.2. The summed E-state index contributed by atoms with van der Waals surface area (Å²) in [4.78, 5) is 26.3. The SMILES string of the molecule is CC(C)(C)CC(=O)Nc1ccc([C@@H](O)[C@H]2COCC(=O)N2Cc2ccccc2)cc1. The lowest BCUT2D eigenvalue weighted by molar-refractivity contribution is -0.155. The van der Waals surface area contributed by atoms with Crippen LogP contribution in [0.15, 0.2) is 54.6 Å². The van der Waals surface area contributed by atoms with Gasteiger partial charge in [-0.2, -0.15) is 0 Å². The molecule has 1 aliphatic heterocycles. The van der Waals surface area contributed by atoms with Crippen LogP contribution < -0.4 is 5.32 Å². The number of carbonyl (C=O) groups excluding carboxylic acids is 2. The molecule has 2 atom stereocenters. The number of hydrogen-bond donors (Lipinski definition) is 2. The molecule has 160 valence electrons. The van der Waals surface area contributed by atoms with Crippen molar-refractivity contribution in [2.24, 2.45) is 5.41 Å². The minimum absolute atomic E-state index is 0.0226. The third-order valence-corrected chi connectivity index (χ3v) is 5.02. The van der Waals surface area contributed by atoms with Crippen LogP contribution in [0.2, 0.25) is 0 Å². The van der Waals surface area contributed by atoms with Gasteiger partial charge in [-0.3, -0.25) is 9.59 Å². The molecule has 1 aliphatic rings. The first kappa shape index (κ1) is 22.0. The summed E-state index contributed by atoms with van der Waals surface area (Å²) in [6.45, 7) is 6.76. The van der Waals surface area contributed by atoms with Gasteiger partial charge in [0.15, 0.2) is 0 Å². The van der Waals surface area contributed by atoms with E-state index in [-0.39, 0.29) is 30.4 Å². The van der Waals surface area contributed by atoms with Crippen LogP contribution in [0.25, 0.3) is 0 Å². The number of anilines is 1. The van der Waals surface area contributed by atoms with Gasteiger partial charge in [-0.15, -0.1) is 0 Å². The van der Waals surface area contributed by atoms with Crippen LogP contribution in [0.1, 0.15) is 44.4 Å². The zero-order valence-corrected chi connectivity index (χ0v) is 17.8. The lowest BCUT2D eigenvalue weighted by Crippen LogP contribution is -2.51. The number of carbonyl (C=O) groups is 2. The fraction of sp³-hybridized carbons (Fsp3) is 0.417. The molecule has 2 aromatic rings. The van der Waals surface area contributed by atoms with E-state index in [9.17, 15) is 14.7 Å². The molecule has 0 bridgehead atoms. The Hall–Kier alpha value is -2.70. The molecule has 1 fully saturated rings. The molecule has 0 saturated carbocycles. The van der Waals surface area contributed by atoms with Gasteiger partial charge in [0.05, 0.1) is 12.6 Å². The van der Waals surface area contributed by atoms with Crippen molar-refractivity contribution < 1.29 is 19.4 Å². The van der Waals surface area contributed by atoms with Crippen molar-refractivity contribution in [3.8, 4) is 0 Å². The van der Waals surface area contributed by atoms with Gasteiger partial charge < -0.3 is 20.1 Å². The highest BCUT2D eigenvalue weighted by Gasteiger charge is 2.34. The Bertz CT molecular complexity index is 859. The molecule has 0 spiro atoms. The molecule has 1 heterocycles. The zero-order chi connectivity index (χ0) is 21.7. The number of aliphatic hydroxyl groups excluding tert-OH is 1. The van der Waals surface area contributed by atoms with Crippen molar-refractivity contribution in [3.05, 3.63) is 65.7 Å². The van der Waals surface area contributed by atoms with Gasteiger partial charge in [0.25, 0.3) is 0 Å². The second kappa shape index (κ2) is 9.41. The molecule has 0 aromatic heterocycles. The molecular weight excluding hydrogens is 380 g/mol. The van der Waals surface area contributed by atoms with Crippen molar-refractivity contribution in [1.82, 2.24) is 4.90 Å². The maximum Gasteiger partial charge on any atom is 0.249 e. The predicted octanol–water partition coefficient (Wildman–Crippen LogP) is 3.52. The highest BCUT2D eigenvalue weighted by atomic mass is 16.5. The average Bonchev–Trinajstić information content (AvgIpc) is 2.69. The molecule has 2 N–H and O–H groups in total. The topological polar surface area (TPSA) is 78.9 Å². The van der Waals surface area contributed by atoms with Crippen LogP contribution in [-0.2, 0) is 20.9 Å². The number of benzene rings is 2. The fourth-order valence-electron chi connectivity index (χ4n) is 3.54. The number of aliphatic hydroxyl groups is 1. The van der Waals surface area contributed by atoms with Crippen molar-refractivity contribution in [1.29, 1.82) is 0 Å². The maximum absolute atomic E-state index is 12.5. The van der Waals surface area contributed by atoms with E-state index in [1.54, 1.807) is 29.2 Å². The molecule has 0 aliphatic carbocycles.